The average molecular weight is 362 g/mol. The number of nitrogens with one attached hydrogen (secondary N) is 2. The minimum atomic E-state index is -0.282. The Morgan fingerprint density at radius 2 is 1.81 bits per heavy atom. The van der Waals surface area contributed by atoms with Crippen molar-refractivity contribution in [1.29, 1.82) is 0 Å². The lowest BCUT2D eigenvalue weighted by Gasteiger charge is -2.08. The number of amides is 1. The molecule has 1 amide bonds. The Labute approximate surface area is 158 Å². The van der Waals surface area contributed by atoms with Crippen LogP contribution in [0.5, 0.6) is 5.75 Å². The number of benzene rings is 2. The van der Waals surface area contributed by atoms with E-state index >= 15 is 0 Å². The Kier molecular flexibility index (Phi) is 6.35. The van der Waals surface area contributed by atoms with Crippen molar-refractivity contribution < 1.29 is 9.53 Å². The number of anilines is 2. The molecule has 138 valence electrons. The van der Waals surface area contributed by atoms with Crippen LogP contribution in [0.4, 0.5) is 11.5 Å². The van der Waals surface area contributed by atoms with Gasteiger partial charge in [0.15, 0.2) is 0 Å². The Bertz CT molecular complexity index is 867. The predicted octanol–water partition coefficient (Wildman–Crippen LogP) is 3.78. The number of carbonyl (C=O) groups excluding carboxylic acids is 1. The second-order valence-corrected chi connectivity index (χ2v) is 5.99. The van der Waals surface area contributed by atoms with Crippen molar-refractivity contribution in [3.63, 3.8) is 0 Å². The standard InChI is InChI=1S/C21H22N4O2/c1-27-18-11-9-17(10-12-18)25-21(26)19-14-20(24-15-23-19)22-13-5-8-16-6-3-2-4-7-16/h2-4,6-7,9-12,14-15H,5,8,13H2,1H3,(H,25,26)(H,22,23,24). The molecule has 6 nitrogen and oxygen atoms in total. The zero-order chi connectivity index (χ0) is 18.9. The zero-order valence-electron chi connectivity index (χ0n) is 15.2. The van der Waals surface area contributed by atoms with Gasteiger partial charge in [-0.3, -0.25) is 4.79 Å². The Balaban J connectivity index is 1.52. The number of methoxy groups -OCH3 is 1. The summed E-state index contributed by atoms with van der Waals surface area (Å²) >= 11 is 0. The van der Waals surface area contributed by atoms with E-state index in [2.05, 4.69) is 32.7 Å². The van der Waals surface area contributed by atoms with Gasteiger partial charge in [-0.15, -0.1) is 0 Å². The van der Waals surface area contributed by atoms with Crippen LogP contribution >= 0.6 is 0 Å². The van der Waals surface area contributed by atoms with E-state index in [1.807, 2.05) is 18.2 Å². The Hall–Kier alpha value is -3.41. The summed E-state index contributed by atoms with van der Waals surface area (Å²) < 4.78 is 5.11. The second-order valence-electron chi connectivity index (χ2n) is 5.99. The van der Waals surface area contributed by atoms with E-state index in [4.69, 9.17) is 4.74 Å². The third kappa shape index (κ3) is 5.54. The Morgan fingerprint density at radius 3 is 2.56 bits per heavy atom. The van der Waals surface area contributed by atoms with Gasteiger partial charge in [0.05, 0.1) is 7.11 Å². The Morgan fingerprint density at radius 1 is 1.04 bits per heavy atom. The number of aryl methyl sites for hydroxylation is 1. The summed E-state index contributed by atoms with van der Waals surface area (Å²) in [6, 6.07) is 19.1. The van der Waals surface area contributed by atoms with Crippen molar-refractivity contribution in [3.8, 4) is 5.75 Å². The van der Waals surface area contributed by atoms with Crippen molar-refractivity contribution in [2.75, 3.05) is 24.3 Å². The molecule has 0 bridgehead atoms. The van der Waals surface area contributed by atoms with Crippen LogP contribution < -0.4 is 15.4 Å². The van der Waals surface area contributed by atoms with Crippen LogP contribution in [0.3, 0.4) is 0 Å². The maximum atomic E-state index is 12.4. The molecule has 0 radical (unpaired) electrons. The highest BCUT2D eigenvalue weighted by Crippen LogP contribution is 2.16. The maximum Gasteiger partial charge on any atom is 0.274 e. The second kappa shape index (κ2) is 9.33. The van der Waals surface area contributed by atoms with Gasteiger partial charge < -0.3 is 15.4 Å². The summed E-state index contributed by atoms with van der Waals surface area (Å²) in [5.74, 6) is 1.09. The summed E-state index contributed by atoms with van der Waals surface area (Å²) in [7, 11) is 1.60. The minimum absolute atomic E-state index is 0.282. The van der Waals surface area contributed by atoms with E-state index in [-0.39, 0.29) is 5.91 Å². The van der Waals surface area contributed by atoms with E-state index in [9.17, 15) is 4.79 Å². The molecule has 2 N–H and O–H groups in total. The molecule has 0 aliphatic heterocycles. The quantitative estimate of drug-likeness (QED) is 0.597. The first kappa shape index (κ1) is 18.4. The van der Waals surface area contributed by atoms with Gasteiger partial charge in [-0.25, -0.2) is 9.97 Å². The molecule has 27 heavy (non-hydrogen) atoms. The molecule has 0 fully saturated rings. The molecule has 0 aliphatic rings. The van der Waals surface area contributed by atoms with Crippen molar-refractivity contribution in [1.82, 2.24) is 9.97 Å². The molecular weight excluding hydrogens is 340 g/mol. The molecule has 3 rings (SSSR count). The summed E-state index contributed by atoms with van der Waals surface area (Å²) in [5.41, 5.74) is 2.30. The van der Waals surface area contributed by atoms with Crippen molar-refractivity contribution >= 4 is 17.4 Å². The molecule has 3 aromatic rings. The van der Waals surface area contributed by atoms with Crippen molar-refractivity contribution in [2.45, 2.75) is 12.8 Å². The van der Waals surface area contributed by atoms with Gasteiger partial charge in [0.25, 0.3) is 5.91 Å². The average Bonchev–Trinajstić information content (AvgIpc) is 2.73. The van der Waals surface area contributed by atoms with Crippen molar-refractivity contribution in [3.05, 3.63) is 78.2 Å². The number of hydrogen-bond acceptors (Lipinski definition) is 5. The van der Waals surface area contributed by atoms with Gasteiger partial charge in [-0.05, 0) is 42.7 Å². The third-order valence-corrected chi connectivity index (χ3v) is 4.04. The number of hydrogen-bond donors (Lipinski definition) is 2. The molecular formula is C21H22N4O2. The molecule has 0 saturated heterocycles. The number of carbonyl (C=O) groups is 1. The van der Waals surface area contributed by atoms with E-state index in [0.717, 1.165) is 25.1 Å². The van der Waals surface area contributed by atoms with E-state index in [1.165, 1.54) is 11.9 Å². The molecule has 1 heterocycles. The van der Waals surface area contributed by atoms with Gasteiger partial charge in [-0.2, -0.15) is 0 Å². The molecule has 0 unspecified atom stereocenters. The fourth-order valence-corrected chi connectivity index (χ4v) is 2.60. The smallest absolute Gasteiger partial charge is 0.274 e. The predicted molar refractivity (Wildman–Crippen MR) is 106 cm³/mol. The first-order valence-electron chi connectivity index (χ1n) is 8.80. The van der Waals surface area contributed by atoms with Gasteiger partial charge in [-0.1, -0.05) is 30.3 Å². The SMILES string of the molecule is COc1ccc(NC(=O)c2cc(NCCCc3ccccc3)ncn2)cc1. The normalized spacial score (nSPS) is 10.3. The molecule has 0 aliphatic carbocycles. The van der Waals surface area contributed by atoms with Crippen LogP contribution in [0, 0.1) is 0 Å². The van der Waals surface area contributed by atoms with Gasteiger partial charge >= 0.3 is 0 Å². The summed E-state index contributed by atoms with van der Waals surface area (Å²) in [4.78, 5) is 20.6. The third-order valence-electron chi connectivity index (χ3n) is 4.04. The van der Waals surface area contributed by atoms with E-state index in [1.54, 1.807) is 37.4 Å². The first-order chi connectivity index (χ1) is 13.2. The summed E-state index contributed by atoms with van der Waals surface area (Å²) in [6.45, 7) is 0.769. The molecule has 0 spiro atoms. The number of aromatic nitrogens is 2. The lowest BCUT2D eigenvalue weighted by Crippen LogP contribution is -2.15. The lowest BCUT2D eigenvalue weighted by atomic mass is 10.1. The topological polar surface area (TPSA) is 76.1 Å². The van der Waals surface area contributed by atoms with Crippen LogP contribution in [0.1, 0.15) is 22.5 Å². The van der Waals surface area contributed by atoms with Gasteiger partial charge in [0.1, 0.15) is 23.6 Å². The molecule has 1 aromatic heterocycles. The van der Waals surface area contributed by atoms with Gasteiger partial charge in [0, 0.05) is 18.3 Å². The highest BCUT2D eigenvalue weighted by atomic mass is 16.5. The highest BCUT2D eigenvalue weighted by Gasteiger charge is 2.09. The van der Waals surface area contributed by atoms with E-state index in [0.29, 0.717) is 17.2 Å². The van der Waals surface area contributed by atoms with Crippen LogP contribution in [0.15, 0.2) is 67.0 Å². The molecule has 2 aromatic carbocycles. The number of nitrogens with zero attached hydrogens (tertiary/aromatic N) is 2. The minimum Gasteiger partial charge on any atom is -0.497 e. The molecule has 6 heteroatoms. The van der Waals surface area contributed by atoms with Crippen LogP contribution in [-0.2, 0) is 6.42 Å². The summed E-state index contributed by atoms with van der Waals surface area (Å²) in [5, 5.41) is 6.05. The zero-order valence-corrected chi connectivity index (χ0v) is 15.2. The van der Waals surface area contributed by atoms with Crippen LogP contribution in [-0.4, -0.2) is 29.5 Å². The van der Waals surface area contributed by atoms with Crippen LogP contribution in [0.2, 0.25) is 0 Å². The lowest BCUT2D eigenvalue weighted by molar-refractivity contribution is 0.102. The molecule has 0 saturated carbocycles. The largest absolute Gasteiger partial charge is 0.497 e. The summed E-state index contributed by atoms with van der Waals surface area (Å²) in [6.07, 6.45) is 3.35. The molecule has 0 atom stereocenters. The maximum absolute atomic E-state index is 12.4. The number of rotatable bonds is 8. The highest BCUT2D eigenvalue weighted by molar-refractivity contribution is 6.03. The van der Waals surface area contributed by atoms with Crippen LogP contribution in [0.25, 0.3) is 0 Å². The fraction of sp³-hybridized carbons (Fsp3) is 0.190. The fourth-order valence-electron chi connectivity index (χ4n) is 2.60. The van der Waals surface area contributed by atoms with Gasteiger partial charge in [0.2, 0.25) is 0 Å². The monoisotopic (exact) mass is 362 g/mol. The van der Waals surface area contributed by atoms with Crippen molar-refractivity contribution in [2.24, 2.45) is 0 Å². The van der Waals surface area contributed by atoms with E-state index < -0.39 is 0 Å². The first-order valence-corrected chi connectivity index (χ1v) is 8.80. The number of ether oxygens (including phenoxy) is 1.